The second kappa shape index (κ2) is 6.38. The van der Waals surface area contributed by atoms with Crippen LogP contribution in [-0.2, 0) is 14.3 Å². The number of ether oxygens (including phenoxy) is 1. The van der Waals surface area contributed by atoms with Crippen molar-refractivity contribution in [1.29, 1.82) is 0 Å². The molecule has 0 aromatic heterocycles. The second-order valence-electron chi connectivity index (χ2n) is 8.02. The standard InChI is InChI=1S/C19H21Br2NO3/c20-14-1-3-15(4-2-14)22-16(23)10-25-17(24)18-6-12-5-13(7-18)9-19(21,8-12)11-18/h1-4,12-13H,5-11H2,(H,22,23). The molecule has 25 heavy (non-hydrogen) atoms. The minimum Gasteiger partial charge on any atom is -0.455 e. The molecule has 1 amide bonds. The molecule has 134 valence electrons. The van der Waals surface area contributed by atoms with E-state index in [2.05, 4.69) is 37.2 Å². The van der Waals surface area contributed by atoms with Crippen molar-refractivity contribution in [2.75, 3.05) is 11.9 Å². The lowest BCUT2D eigenvalue weighted by molar-refractivity contribution is -0.170. The van der Waals surface area contributed by atoms with Crippen molar-refractivity contribution in [3.05, 3.63) is 28.7 Å². The van der Waals surface area contributed by atoms with E-state index in [0.29, 0.717) is 17.5 Å². The second-order valence-corrected chi connectivity index (χ2v) is 10.6. The van der Waals surface area contributed by atoms with E-state index >= 15 is 0 Å². The lowest BCUT2D eigenvalue weighted by Gasteiger charge is -2.58. The minimum absolute atomic E-state index is 0.107. The highest BCUT2D eigenvalue weighted by Gasteiger charge is 2.60. The molecule has 0 saturated heterocycles. The predicted octanol–water partition coefficient (Wildman–Crippen LogP) is 4.66. The number of esters is 1. The van der Waals surface area contributed by atoms with Gasteiger partial charge in [0.15, 0.2) is 6.61 Å². The number of benzene rings is 1. The number of halogens is 2. The van der Waals surface area contributed by atoms with Gasteiger partial charge in [0.05, 0.1) is 5.41 Å². The Morgan fingerprint density at radius 3 is 2.36 bits per heavy atom. The molecule has 1 N–H and O–H groups in total. The van der Waals surface area contributed by atoms with Crippen LogP contribution in [-0.4, -0.2) is 22.8 Å². The number of alkyl halides is 1. The van der Waals surface area contributed by atoms with Crippen molar-refractivity contribution in [3.63, 3.8) is 0 Å². The van der Waals surface area contributed by atoms with Gasteiger partial charge in [-0.2, -0.15) is 0 Å². The van der Waals surface area contributed by atoms with E-state index in [1.54, 1.807) is 12.1 Å². The fraction of sp³-hybridized carbons (Fsp3) is 0.579. The maximum absolute atomic E-state index is 12.8. The van der Waals surface area contributed by atoms with Crippen molar-refractivity contribution < 1.29 is 14.3 Å². The van der Waals surface area contributed by atoms with Gasteiger partial charge >= 0.3 is 5.97 Å². The van der Waals surface area contributed by atoms with Gasteiger partial charge in [-0.05, 0) is 74.6 Å². The Balaban J connectivity index is 1.36. The van der Waals surface area contributed by atoms with Crippen LogP contribution >= 0.6 is 31.9 Å². The van der Waals surface area contributed by atoms with Crippen LogP contribution in [0.3, 0.4) is 0 Å². The summed E-state index contributed by atoms with van der Waals surface area (Å²) in [7, 11) is 0. The van der Waals surface area contributed by atoms with Gasteiger partial charge in [-0.25, -0.2) is 0 Å². The first-order valence-electron chi connectivity index (χ1n) is 8.77. The highest BCUT2D eigenvalue weighted by Crippen LogP contribution is 2.64. The molecule has 0 heterocycles. The van der Waals surface area contributed by atoms with Crippen LogP contribution in [0.4, 0.5) is 5.69 Å². The maximum atomic E-state index is 12.8. The van der Waals surface area contributed by atoms with E-state index in [-0.39, 0.29) is 28.2 Å². The SMILES string of the molecule is O=C(COC(=O)C12CC3CC(CC(Br)(C3)C1)C2)Nc1ccc(Br)cc1. The monoisotopic (exact) mass is 469 g/mol. The molecule has 4 fully saturated rings. The van der Waals surface area contributed by atoms with Gasteiger partial charge in [0.25, 0.3) is 5.91 Å². The van der Waals surface area contributed by atoms with E-state index in [0.717, 1.165) is 23.7 Å². The van der Waals surface area contributed by atoms with Gasteiger partial charge in [0.1, 0.15) is 0 Å². The molecule has 4 saturated carbocycles. The number of nitrogens with one attached hydrogen (secondary N) is 1. The Bertz CT molecular complexity index is 689. The fourth-order valence-corrected chi connectivity index (χ4v) is 7.12. The molecule has 1 aromatic carbocycles. The molecule has 0 spiro atoms. The Labute approximate surface area is 164 Å². The Hall–Kier alpha value is -0.880. The normalized spacial score (nSPS) is 35.4. The maximum Gasteiger partial charge on any atom is 0.312 e. The molecule has 5 rings (SSSR count). The third-order valence-electron chi connectivity index (χ3n) is 5.89. The molecule has 0 aliphatic heterocycles. The van der Waals surface area contributed by atoms with Gasteiger partial charge < -0.3 is 10.1 Å². The van der Waals surface area contributed by atoms with Crippen LogP contribution < -0.4 is 5.32 Å². The number of hydrogen-bond acceptors (Lipinski definition) is 3. The van der Waals surface area contributed by atoms with E-state index in [1.165, 1.54) is 19.3 Å². The zero-order valence-corrected chi connectivity index (χ0v) is 17.1. The highest BCUT2D eigenvalue weighted by atomic mass is 79.9. The van der Waals surface area contributed by atoms with Crippen molar-refractivity contribution >= 4 is 49.4 Å². The van der Waals surface area contributed by atoms with Gasteiger partial charge in [-0.3, -0.25) is 9.59 Å². The molecule has 2 atom stereocenters. The van der Waals surface area contributed by atoms with E-state index in [1.807, 2.05) is 12.1 Å². The van der Waals surface area contributed by atoms with Crippen LogP contribution in [0.2, 0.25) is 0 Å². The summed E-state index contributed by atoms with van der Waals surface area (Å²) in [6.45, 7) is -0.221. The third-order valence-corrected chi connectivity index (χ3v) is 7.34. The third kappa shape index (κ3) is 3.52. The molecular weight excluding hydrogens is 450 g/mol. The molecule has 2 unspecified atom stereocenters. The summed E-state index contributed by atoms with van der Waals surface area (Å²) in [5.41, 5.74) is 0.310. The quantitative estimate of drug-likeness (QED) is 0.514. The summed E-state index contributed by atoms with van der Waals surface area (Å²) >= 11 is 7.26. The van der Waals surface area contributed by atoms with Crippen LogP contribution in [0.15, 0.2) is 28.7 Å². The van der Waals surface area contributed by atoms with Crippen molar-refractivity contribution in [2.45, 2.75) is 42.8 Å². The summed E-state index contributed by atoms with van der Waals surface area (Å²) in [6, 6.07) is 7.31. The van der Waals surface area contributed by atoms with Crippen molar-refractivity contribution in [3.8, 4) is 0 Å². The molecule has 4 bridgehead atoms. The summed E-state index contributed by atoms with van der Waals surface area (Å²) in [5, 5.41) is 2.76. The van der Waals surface area contributed by atoms with Crippen LogP contribution in [0.25, 0.3) is 0 Å². The zero-order valence-electron chi connectivity index (χ0n) is 13.9. The smallest absolute Gasteiger partial charge is 0.312 e. The lowest BCUT2D eigenvalue weighted by atomic mass is 9.49. The average molecular weight is 471 g/mol. The molecule has 4 aliphatic carbocycles. The molecule has 4 nitrogen and oxygen atoms in total. The molecule has 0 radical (unpaired) electrons. The number of carbonyl (C=O) groups is 2. The van der Waals surface area contributed by atoms with Crippen molar-refractivity contribution in [2.24, 2.45) is 17.3 Å². The zero-order chi connectivity index (χ0) is 17.7. The van der Waals surface area contributed by atoms with Gasteiger partial charge in [-0.1, -0.05) is 31.9 Å². The number of amides is 1. The number of rotatable bonds is 4. The van der Waals surface area contributed by atoms with Crippen molar-refractivity contribution in [1.82, 2.24) is 0 Å². The van der Waals surface area contributed by atoms with Crippen LogP contribution in [0, 0.1) is 17.3 Å². The first-order valence-corrected chi connectivity index (χ1v) is 10.4. The van der Waals surface area contributed by atoms with Crippen LogP contribution in [0.5, 0.6) is 0 Å². The van der Waals surface area contributed by atoms with Crippen LogP contribution in [0.1, 0.15) is 38.5 Å². The molecule has 4 aliphatic rings. The number of anilines is 1. The number of hydrogen-bond donors (Lipinski definition) is 1. The van der Waals surface area contributed by atoms with Gasteiger partial charge in [0, 0.05) is 14.5 Å². The van der Waals surface area contributed by atoms with E-state index in [9.17, 15) is 9.59 Å². The Kier molecular flexibility index (Phi) is 4.47. The molecular formula is C19H21Br2NO3. The Morgan fingerprint density at radius 1 is 1.12 bits per heavy atom. The summed E-state index contributed by atoms with van der Waals surface area (Å²) in [6.07, 6.45) is 6.27. The van der Waals surface area contributed by atoms with E-state index < -0.39 is 0 Å². The first-order chi connectivity index (χ1) is 11.9. The predicted molar refractivity (Wildman–Crippen MR) is 103 cm³/mol. The summed E-state index contributed by atoms with van der Waals surface area (Å²) in [5.74, 6) is 0.750. The fourth-order valence-electron chi connectivity index (χ4n) is 5.40. The molecule has 1 aromatic rings. The average Bonchev–Trinajstić information content (AvgIpc) is 2.52. The lowest BCUT2D eigenvalue weighted by Crippen LogP contribution is -2.56. The minimum atomic E-state index is -0.383. The first kappa shape index (κ1) is 17.5. The Morgan fingerprint density at radius 2 is 1.76 bits per heavy atom. The largest absolute Gasteiger partial charge is 0.455 e. The number of carbonyl (C=O) groups excluding carboxylic acids is 2. The topological polar surface area (TPSA) is 55.4 Å². The van der Waals surface area contributed by atoms with Gasteiger partial charge in [0.2, 0.25) is 0 Å². The van der Waals surface area contributed by atoms with Gasteiger partial charge in [-0.15, -0.1) is 0 Å². The highest BCUT2D eigenvalue weighted by molar-refractivity contribution is 9.10. The van der Waals surface area contributed by atoms with E-state index in [4.69, 9.17) is 4.74 Å². The molecule has 6 heteroatoms. The summed E-state index contributed by atoms with van der Waals surface area (Å²) < 4.78 is 6.50. The summed E-state index contributed by atoms with van der Waals surface area (Å²) in [4.78, 5) is 24.9.